The molecule has 3 rings (SSSR count). The minimum atomic E-state index is 0.546. The first-order chi connectivity index (χ1) is 9.09. The Morgan fingerprint density at radius 2 is 1.89 bits per heavy atom. The Kier molecular flexibility index (Phi) is 2.96. The van der Waals surface area contributed by atoms with Gasteiger partial charge in [0.2, 0.25) is 0 Å². The van der Waals surface area contributed by atoms with Gasteiger partial charge in [-0.1, -0.05) is 13.8 Å². The predicted octanol–water partition coefficient (Wildman–Crippen LogP) is 4.13. The van der Waals surface area contributed by atoms with Crippen LogP contribution in [-0.2, 0) is 6.42 Å². The highest BCUT2D eigenvalue weighted by Crippen LogP contribution is 2.37. The highest BCUT2D eigenvalue weighted by Gasteiger charge is 2.24. The molecule has 0 amide bonds. The third kappa shape index (κ3) is 1.90. The van der Waals surface area contributed by atoms with Crippen LogP contribution in [0.5, 0.6) is 0 Å². The van der Waals surface area contributed by atoms with E-state index < -0.39 is 0 Å². The van der Waals surface area contributed by atoms with Crippen LogP contribution < -0.4 is 4.90 Å². The largest absolute Gasteiger partial charge is 0.369 e. The van der Waals surface area contributed by atoms with Gasteiger partial charge in [0.1, 0.15) is 0 Å². The average Bonchev–Trinajstić information content (AvgIpc) is 2.81. The van der Waals surface area contributed by atoms with Crippen LogP contribution >= 0.6 is 0 Å². The van der Waals surface area contributed by atoms with Crippen molar-refractivity contribution in [3.05, 3.63) is 35.5 Å². The number of nitrogens with zero attached hydrogens (tertiary/aromatic N) is 2. The number of benzene rings is 1. The molecule has 1 aromatic carbocycles. The summed E-state index contributed by atoms with van der Waals surface area (Å²) in [6.45, 7) is 10.2. The maximum atomic E-state index is 4.55. The molecule has 100 valence electrons. The second-order valence-electron chi connectivity index (χ2n) is 6.05. The van der Waals surface area contributed by atoms with Crippen LogP contribution in [0.2, 0.25) is 0 Å². The van der Waals surface area contributed by atoms with Crippen LogP contribution in [0.15, 0.2) is 24.4 Å². The number of rotatable bonds is 2. The van der Waals surface area contributed by atoms with E-state index in [0.717, 1.165) is 18.5 Å². The third-order valence-electron chi connectivity index (χ3n) is 4.18. The second-order valence-corrected chi connectivity index (χ2v) is 6.05. The zero-order chi connectivity index (χ0) is 13.6. The Balaban J connectivity index is 2.28. The number of aromatic nitrogens is 1. The van der Waals surface area contributed by atoms with Crippen LogP contribution in [0.3, 0.4) is 0 Å². The molecule has 2 heterocycles. The van der Waals surface area contributed by atoms with Gasteiger partial charge in [-0.05, 0) is 55.5 Å². The van der Waals surface area contributed by atoms with Gasteiger partial charge in [-0.3, -0.25) is 4.98 Å². The van der Waals surface area contributed by atoms with E-state index in [0.29, 0.717) is 12.0 Å². The first-order valence-electron chi connectivity index (χ1n) is 7.26. The fourth-order valence-electron chi connectivity index (χ4n) is 3.23. The molecule has 0 aliphatic carbocycles. The average molecular weight is 254 g/mol. The molecule has 1 aliphatic heterocycles. The Labute approximate surface area is 115 Å². The molecule has 1 aromatic heterocycles. The van der Waals surface area contributed by atoms with Crippen molar-refractivity contribution in [2.75, 3.05) is 11.4 Å². The maximum Gasteiger partial charge on any atom is 0.0709 e. The molecule has 0 bridgehead atoms. The van der Waals surface area contributed by atoms with Crippen molar-refractivity contribution in [2.45, 2.75) is 46.1 Å². The lowest BCUT2D eigenvalue weighted by molar-refractivity contribution is 0.710. The molecule has 2 heteroatoms. The molecule has 0 atom stereocenters. The van der Waals surface area contributed by atoms with Gasteiger partial charge >= 0.3 is 0 Å². The van der Waals surface area contributed by atoms with E-state index in [4.69, 9.17) is 0 Å². The van der Waals surface area contributed by atoms with Crippen molar-refractivity contribution in [3.8, 4) is 0 Å². The smallest absolute Gasteiger partial charge is 0.0709 e. The van der Waals surface area contributed by atoms with Crippen molar-refractivity contribution in [1.82, 2.24) is 4.98 Å². The van der Waals surface area contributed by atoms with Crippen molar-refractivity contribution in [2.24, 2.45) is 0 Å². The van der Waals surface area contributed by atoms with Crippen molar-refractivity contribution in [3.63, 3.8) is 0 Å². The Bertz CT molecular complexity index is 614. The number of anilines is 1. The maximum absolute atomic E-state index is 4.55. The molecular formula is C17H22N2. The summed E-state index contributed by atoms with van der Waals surface area (Å²) >= 11 is 0. The Morgan fingerprint density at radius 3 is 2.58 bits per heavy atom. The summed E-state index contributed by atoms with van der Waals surface area (Å²) in [5.74, 6) is 0.546. The van der Waals surface area contributed by atoms with Crippen LogP contribution in [-0.4, -0.2) is 17.6 Å². The van der Waals surface area contributed by atoms with E-state index in [9.17, 15) is 0 Å². The predicted molar refractivity (Wildman–Crippen MR) is 82.0 cm³/mol. The number of hydrogen-bond donors (Lipinski definition) is 0. The minimum Gasteiger partial charge on any atom is -0.369 e. The summed E-state index contributed by atoms with van der Waals surface area (Å²) in [6.07, 6.45) is 3.09. The minimum absolute atomic E-state index is 0.546. The number of fused-ring (bicyclic) bond motifs is 3. The first kappa shape index (κ1) is 12.5. The molecule has 0 radical (unpaired) electrons. The SMILES string of the molecule is CC(C)c1ccnc2ccc3c(c12)CCN3C(C)C. The summed E-state index contributed by atoms with van der Waals surface area (Å²) < 4.78 is 0. The molecule has 0 unspecified atom stereocenters. The van der Waals surface area contributed by atoms with Crippen molar-refractivity contribution < 1.29 is 0 Å². The molecule has 0 fully saturated rings. The Hall–Kier alpha value is -1.57. The zero-order valence-electron chi connectivity index (χ0n) is 12.3. The fourth-order valence-corrected chi connectivity index (χ4v) is 3.23. The Morgan fingerprint density at radius 1 is 1.11 bits per heavy atom. The molecule has 0 saturated heterocycles. The van der Waals surface area contributed by atoms with Gasteiger partial charge in [-0.25, -0.2) is 0 Å². The summed E-state index contributed by atoms with van der Waals surface area (Å²) in [5.41, 5.74) is 5.50. The molecule has 19 heavy (non-hydrogen) atoms. The standard InChI is InChI=1S/C17H22N2/c1-11(2)13-7-9-18-15-5-6-16-14(17(13)15)8-10-19(16)12(3)4/h5-7,9,11-12H,8,10H2,1-4H3. The van der Waals surface area contributed by atoms with Gasteiger partial charge in [0.05, 0.1) is 5.52 Å². The van der Waals surface area contributed by atoms with Crippen molar-refractivity contribution in [1.29, 1.82) is 0 Å². The van der Waals surface area contributed by atoms with E-state index in [1.165, 1.54) is 22.2 Å². The lowest BCUT2D eigenvalue weighted by Crippen LogP contribution is -2.28. The molecule has 0 saturated carbocycles. The van der Waals surface area contributed by atoms with E-state index >= 15 is 0 Å². The molecule has 0 spiro atoms. The highest BCUT2D eigenvalue weighted by molar-refractivity contribution is 5.91. The highest BCUT2D eigenvalue weighted by atomic mass is 15.2. The van der Waals surface area contributed by atoms with E-state index in [1.807, 2.05) is 6.20 Å². The lowest BCUT2D eigenvalue weighted by atomic mass is 9.94. The summed E-state index contributed by atoms with van der Waals surface area (Å²) in [6, 6.07) is 7.19. The van der Waals surface area contributed by atoms with Crippen LogP contribution in [0.4, 0.5) is 5.69 Å². The van der Waals surface area contributed by atoms with Crippen molar-refractivity contribution >= 4 is 16.6 Å². The lowest BCUT2D eigenvalue weighted by Gasteiger charge is -2.24. The van der Waals surface area contributed by atoms with E-state index in [-0.39, 0.29) is 0 Å². The molecular weight excluding hydrogens is 232 g/mol. The molecule has 1 aliphatic rings. The van der Waals surface area contributed by atoms with Gasteiger partial charge < -0.3 is 4.90 Å². The third-order valence-corrected chi connectivity index (χ3v) is 4.18. The second kappa shape index (κ2) is 4.52. The van der Waals surface area contributed by atoms with Gasteiger partial charge in [0.15, 0.2) is 0 Å². The quantitative estimate of drug-likeness (QED) is 0.801. The first-order valence-corrected chi connectivity index (χ1v) is 7.26. The molecule has 2 nitrogen and oxygen atoms in total. The fraction of sp³-hybridized carbons (Fsp3) is 0.471. The van der Waals surface area contributed by atoms with Crippen LogP contribution in [0, 0.1) is 0 Å². The monoisotopic (exact) mass is 254 g/mol. The number of pyridine rings is 1. The van der Waals surface area contributed by atoms with Gasteiger partial charge in [-0.15, -0.1) is 0 Å². The topological polar surface area (TPSA) is 16.1 Å². The number of hydrogen-bond acceptors (Lipinski definition) is 2. The van der Waals surface area contributed by atoms with Crippen LogP contribution in [0.1, 0.15) is 44.7 Å². The van der Waals surface area contributed by atoms with E-state index in [2.05, 4.69) is 55.8 Å². The van der Waals surface area contributed by atoms with Gasteiger partial charge in [-0.2, -0.15) is 0 Å². The van der Waals surface area contributed by atoms with E-state index in [1.54, 1.807) is 0 Å². The summed E-state index contributed by atoms with van der Waals surface area (Å²) in [5, 5.41) is 1.40. The van der Waals surface area contributed by atoms with Crippen LogP contribution in [0.25, 0.3) is 10.9 Å². The molecule has 2 aromatic rings. The summed E-state index contributed by atoms with van der Waals surface area (Å²) in [4.78, 5) is 7.06. The normalized spacial score (nSPS) is 14.7. The van der Waals surface area contributed by atoms with Gasteiger partial charge in [0, 0.05) is 29.9 Å². The molecule has 0 N–H and O–H groups in total. The van der Waals surface area contributed by atoms with Gasteiger partial charge in [0.25, 0.3) is 0 Å². The zero-order valence-corrected chi connectivity index (χ0v) is 12.3. The summed E-state index contributed by atoms with van der Waals surface area (Å²) in [7, 11) is 0.